The minimum atomic E-state index is 0.486. The van der Waals surface area contributed by atoms with Gasteiger partial charge in [-0.25, -0.2) is 0 Å². The van der Waals surface area contributed by atoms with Crippen LogP contribution in [-0.2, 0) is 0 Å². The van der Waals surface area contributed by atoms with Gasteiger partial charge in [-0.1, -0.05) is 48.8 Å². The van der Waals surface area contributed by atoms with Gasteiger partial charge in [0.2, 0.25) is 0 Å². The van der Waals surface area contributed by atoms with E-state index < -0.39 is 0 Å². The van der Waals surface area contributed by atoms with Crippen molar-refractivity contribution in [2.45, 2.75) is 52.1 Å². The molecule has 1 aromatic carbocycles. The van der Waals surface area contributed by atoms with Crippen LogP contribution in [0.15, 0.2) is 28.7 Å². The highest BCUT2D eigenvalue weighted by Gasteiger charge is 2.22. The van der Waals surface area contributed by atoms with E-state index >= 15 is 0 Å². The van der Waals surface area contributed by atoms with E-state index in [-0.39, 0.29) is 0 Å². The zero-order valence-corrected chi connectivity index (χ0v) is 15.2. The molecule has 0 aromatic heterocycles. The van der Waals surface area contributed by atoms with E-state index in [1.165, 1.54) is 38.0 Å². The van der Waals surface area contributed by atoms with Gasteiger partial charge < -0.3 is 10.2 Å². The first-order chi connectivity index (χ1) is 10.1. The Labute approximate surface area is 138 Å². The smallest absolute Gasteiger partial charge is 0.0320 e. The summed E-state index contributed by atoms with van der Waals surface area (Å²) in [4.78, 5) is 2.61. The van der Waals surface area contributed by atoms with Crippen LogP contribution in [-0.4, -0.2) is 30.6 Å². The zero-order chi connectivity index (χ0) is 15.2. The van der Waals surface area contributed by atoms with Gasteiger partial charge in [0.1, 0.15) is 0 Å². The molecular weight excluding hydrogens is 324 g/mol. The van der Waals surface area contributed by atoms with Gasteiger partial charge in [0, 0.05) is 23.1 Å². The van der Waals surface area contributed by atoms with Crippen molar-refractivity contribution in [1.82, 2.24) is 10.2 Å². The van der Waals surface area contributed by atoms with Gasteiger partial charge in [-0.3, -0.25) is 0 Å². The van der Waals surface area contributed by atoms with Gasteiger partial charge in [-0.05, 0) is 56.0 Å². The van der Waals surface area contributed by atoms with Crippen LogP contribution in [0.2, 0.25) is 0 Å². The van der Waals surface area contributed by atoms with Crippen LogP contribution >= 0.6 is 15.9 Å². The molecule has 21 heavy (non-hydrogen) atoms. The van der Waals surface area contributed by atoms with Gasteiger partial charge in [-0.2, -0.15) is 0 Å². The van der Waals surface area contributed by atoms with E-state index in [1.54, 1.807) is 0 Å². The van der Waals surface area contributed by atoms with Gasteiger partial charge in [-0.15, -0.1) is 0 Å². The van der Waals surface area contributed by atoms with Crippen LogP contribution in [0.3, 0.4) is 0 Å². The fourth-order valence-corrected chi connectivity index (χ4v) is 3.49. The van der Waals surface area contributed by atoms with Crippen molar-refractivity contribution >= 4 is 15.9 Å². The summed E-state index contributed by atoms with van der Waals surface area (Å²) in [6.07, 6.45) is 3.70. The summed E-state index contributed by atoms with van der Waals surface area (Å²) in [5.41, 5.74) is 1.41. The fourth-order valence-electron chi connectivity index (χ4n) is 3.23. The zero-order valence-electron chi connectivity index (χ0n) is 13.6. The molecule has 0 bridgehead atoms. The Hall–Kier alpha value is -0.380. The molecule has 1 fully saturated rings. The number of rotatable bonds is 6. The van der Waals surface area contributed by atoms with Crippen molar-refractivity contribution in [2.24, 2.45) is 5.92 Å². The molecule has 2 nitrogen and oxygen atoms in total. The molecule has 2 rings (SSSR count). The van der Waals surface area contributed by atoms with Crippen molar-refractivity contribution in [3.8, 4) is 0 Å². The van der Waals surface area contributed by atoms with E-state index in [1.807, 2.05) is 0 Å². The Balaban J connectivity index is 1.84. The normalized spacial score (nSPS) is 19.1. The van der Waals surface area contributed by atoms with Gasteiger partial charge in [0.15, 0.2) is 0 Å². The molecule has 118 valence electrons. The molecule has 1 aliphatic heterocycles. The highest BCUT2D eigenvalue weighted by Crippen LogP contribution is 2.22. The first kappa shape index (κ1) is 17.0. The lowest BCUT2D eigenvalue weighted by Gasteiger charge is -2.35. The maximum absolute atomic E-state index is 3.87. The SMILES string of the molecule is CCC(NC1CCN(CC(C)C)CC1)c1ccc(Br)cc1. The second-order valence-electron chi connectivity index (χ2n) is 6.65. The quantitative estimate of drug-likeness (QED) is 0.803. The van der Waals surface area contributed by atoms with Crippen molar-refractivity contribution in [1.29, 1.82) is 0 Å². The number of likely N-dealkylation sites (tertiary alicyclic amines) is 1. The third kappa shape index (κ3) is 5.39. The van der Waals surface area contributed by atoms with E-state index in [2.05, 4.69) is 71.2 Å². The second kappa shape index (κ2) is 8.30. The summed E-state index contributed by atoms with van der Waals surface area (Å²) >= 11 is 3.52. The van der Waals surface area contributed by atoms with E-state index in [4.69, 9.17) is 0 Å². The molecule has 0 spiro atoms. The van der Waals surface area contributed by atoms with Crippen molar-refractivity contribution in [3.63, 3.8) is 0 Å². The molecule has 0 radical (unpaired) electrons. The Kier molecular flexibility index (Phi) is 6.72. The fraction of sp³-hybridized carbons (Fsp3) is 0.667. The van der Waals surface area contributed by atoms with Crippen LogP contribution < -0.4 is 5.32 Å². The number of piperidine rings is 1. The Bertz CT molecular complexity index is 408. The van der Waals surface area contributed by atoms with Crippen LogP contribution in [0.25, 0.3) is 0 Å². The molecule has 1 aliphatic rings. The summed E-state index contributed by atoms with van der Waals surface area (Å²) in [6.45, 7) is 10.6. The second-order valence-corrected chi connectivity index (χ2v) is 7.56. The van der Waals surface area contributed by atoms with Crippen molar-refractivity contribution < 1.29 is 0 Å². The first-order valence-corrected chi connectivity index (χ1v) is 9.11. The molecule has 1 N–H and O–H groups in total. The molecule has 0 aliphatic carbocycles. The topological polar surface area (TPSA) is 15.3 Å². The Morgan fingerprint density at radius 2 is 1.81 bits per heavy atom. The average molecular weight is 353 g/mol. The summed E-state index contributed by atoms with van der Waals surface area (Å²) in [5.74, 6) is 0.778. The number of halogens is 1. The Morgan fingerprint density at radius 1 is 1.19 bits per heavy atom. The molecule has 1 atom stereocenters. The van der Waals surface area contributed by atoms with Gasteiger partial charge in [0.05, 0.1) is 0 Å². The van der Waals surface area contributed by atoms with Crippen LogP contribution in [0.5, 0.6) is 0 Å². The number of nitrogens with zero attached hydrogens (tertiary/aromatic N) is 1. The molecular formula is C18H29BrN2. The monoisotopic (exact) mass is 352 g/mol. The van der Waals surface area contributed by atoms with Crippen LogP contribution in [0, 0.1) is 5.92 Å². The number of benzene rings is 1. The van der Waals surface area contributed by atoms with E-state index in [9.17, 15) is 0 Å². The maximum atomic E-state index is 3.87. The van der Waals surface area contributed by atoms with Crippen molar-refractivity contribution in [3.05, 3.63) is 34.3 Å². The minimum Gasteiger partial charge on any atom is -0.307 e. The van der Waals surface area contributed by atoms with Crippen LogP contribution in [0.4, 0.5) is 0 Å². The Morgan fingerprint density at radius 3 is 2.33 bits per heavy atom. The predicted octanol–water partition coefficient (Wildman–Crippen LogP) is 4.61. The lowest BCUT2D eigenvalue weighted by molar-refractivity contribution is 0.174. The number of hydrogen-bond donors (Lipinski definition) is 1. The molecule has 1 aromatic rings. The molecule has 1 saturated heterocycles. The van der Waals surface area contributed by atoms with Crippen LogP contribution in [0.1, 0.15) is 51.6 Å². The molecule has 1 heterocycles. The summed E-state index contributed by atoms with van der Waals surface area (Å²) in [5, 5.41) is 3.87. The van der Waals surface area contributed by atoms with E-state index in [0.29, 0.717) is 12.1 Å². The maximum Gasteiger partial charge on any atom is 0.0320 e. The minimum absolute atomic E-state index is 0.486. The largest absolute Gasteiger partial charge is 0.307 e. The summed E-state index contributed by atoms with van der Waals surface area (Å²) in [7, 11) is 0. The highest BCUT2D eigenvalue weighted by molar-refractivity contribution is 9.10. The number of hydrogen-bond acceptors (Lipinski definition) is 2. The van der Waals surface area contributed by atoms with E-state index in [0.717, 1.165) is 16.8 Å². The van der Waals surface area contributed by atoms with Crippen molar-refractivity contribution in [2.75, 3.05) is 19.6 Å². The third-order valence-electron chi connectivity index (χ3n) is 4.33. The standard InChI is InChI=1S/C18H29BrN2/c1-4-18(15-5-7-16(19)8-6-15)20-17-9-11-21(12-10-17)13-14(2)3/h5-8,14,17-18,20H,4,9-13H2,1-3H3. The summed E-state index contributed by atoms with van der Waals surface area (Å²) < 4.78 is 1.16. The first-order valence-electron chi connectivity index (χ1n) is 8.32. The molecule has 1 unspecified atom stereocenters. The third-order valence-corrected chi connectivity index (χ3v) is 4.86. The van der Waals surface area contributed by atoms with Gasteiger partial charge in [0.25, 0.3) is 0 Å². The predicted molar refractivity (Wildman–Crippen MR) is 94.6 cm³/mol. The number of nitrogens with one attached hydrogen (secondary N) is 1. The van der Waals surface area contributed by atoms with Gasteiger partial charge >= 0.3 is 0 Å². The highest BCUT2D eigenvalue weighted by atomic mass is 79.9. The summed E-state index contributed by atoms with van der Waals surface area (Å²) in [6, 6.07) is 9.91. The lowest BCUT2D eigenvalue weighted by Crippen LogP contribution is -2.44. The average Bonchev–Trinajstić information content (AvgIpc) is 2.47. The lowest BCUT2D eigenvalue weighted by atomic mass is 9.99. The molecule has 0 amide bonds. The molecule has 3 heteroatoms. The molecule has 0 saturated carbocycles.